The second kappa shape index (κ2) is 6.36. The number of carbonyl (C=O) groups is 1. The Morgan fingerprint density at radius 1 is 1.37 bits per heavy atom. The third kappa shape index (κ3) is 3.68. The van der Waals surface area contributed by atoms with Crippen LogP contribution in [0.2, 0.25) is 0 Å². The zero-order valence-corrected chi connectivity index (χ0v) is 12.5. The highest BCUT2D eigenvalue weighted by Crippen LogP contribution is 2.32. The van der Waals surface area contributed by atoms with Gasteiger partial charge in [0, 0.05) is 25.1 Å². The van der Waals surface area contributed by atoms with Gasteiger partial charge in [-0.05, 0) is 44.6 Å². The van der Waals surface area contributed by atoms with Crippen molar-refractivity contribution in [1.29, 1.82) is 0 Å². The molecule has 0 amide bonds. The molecule has 0 N–H and O–H groups in total. The van der Waals surface area contributed by atoms with Crippen molar-refractivity contribution < 1.29 is 4.79 Å². The van der Waals surface area contributed by atoms with Gasteiger partial charge in [-0.15, -0.1) is 0 Å². The zero-order valence-electron chi connectivity index (χ0n) is 12.5. The van der Waals surface area contributed by atoms with E-state index in [0.29, 0.717) is 18.1 Å². The van der Waals surface area contributed by atoms with Gasteiger partial charge >= 0.3 is 0 Å². The average Bonchev–Trinajstić information content (AvgIpc) is 2.69. The fourth-order valence-electron chi connectivity index (χ4n) is 3.33. The predicted octanol–water partition coefficient (Wildman–Crippen LogP) is 3.45. The van der Waals surface area contributed by atoms with Crippen molar-refractivity contribution in [3.8, 4) is 0 Å². The summed E-state index contributed by atoms with van der Waals surface area (Å²) in [5.74, 6) is 1.58. The molecule has 1 aliphatic rings. The summed E-state index contributed by atoms with van der Waals surface area (Å²) < 4.78 is 1.84. The SMILES string of the molecule is CCCC1CCC(C(=O)Cc2cc(C)nn2C)CC1. The molecule has 0 atom stereocenters. The molecule has 3 heteroatoms. The van der Waals surface area contributed by atoms with Crippen LogP contribution >= 0.6 is 0 Å². The lowest BCUT2D eigenvalue weighted by atomic mass is 9.77. The zero-order chi connectivity index (χ0) is 13.8. The number of carbonyl (C=O) groups excluding carboxylic acids is 1. The molecule has 0 aromatic carbocycles. The van der Waals surface area contributed by atoms with Crippen LogP contribution in [0.4, 0.5) is 0 Å². The molecule has 1 aliphatic carbocycles. The Morgan fingerprint density at radius 3 is 2.58 bits per heavy atom. The summed E-state index contributed by atoms with van der Waals surface area (Å²) in [5, 5.41) is 4.31. The van der Waals surface area contributed by atoms with Crippen LogP contribution in [-0.2, 0) is 18.3 Å². The molecular formula is C16H26N2O. The van der Waals surface area contributed by atoms with E-state index in [4.69, 9.17) is 0 Å². The van der Waals surface area contributed by atoms with Gasteiger partial charge in [0.05, 0.1) is 5.69 Å². The number of rotatable bonds is 5. The van der Waals surface area contributed by atoms with Gasteiger partial charge in [0.25, 0.3) is 0 Å². The molecule has 106 valence electrons. The van der Waals surface area contributed by atoms with Crippen molar-refractivity contribution in [2.45, 2.75) is 58.8 Å². The van der Waals surface area contributed by atoms with Gasteiger partial charge in [0.1, 0.15) is 5.78 Å². The topological polar surface area (TPSA) is 34.9 Å². The van der Waals surface area contributed by atoms with E-state index in [2.05, 4.69) is 12.0 Å². The van der Waals surface area contributed by atoms with Crippen molar-refractivity contribution in [1.82, 2.24) is 9.78 Å². The number of aromatic nitrogens is 2. The minimum Gasteiger partial charge on any atom is -0.299 e. The van der Waals surface area contributed by atoms with Crippen LogP contribution in [0, 0.1) is 18.8 Å². The highest BCUT2D eigenvalue weighted by atomic mass is 16.1. The Balaban J connectivity index is 1.86. The molecular weight excluding hydrogens is 236 g/mol. The summed E-state index contributed by atoms with van der Waals surface area (Å²) in [6.07, 6.45) is 7.85. The summed E-state index contributed by atoms with van der Waals surface area (Å²) in [5.41, 5.74) is 2.05. The number of Topliss-reactive ketones (excluding diaryl/α,β-unsaturated/α-hetero) is 1. The smallest absolute Gasteiger partial charge is 0.141 e. The van der Waals surface area contributed by atoms with Gasteiger partial charge in [-0.1, -0.05) is 19.8 Å². The van der Waals surface area contributed by atoms with E-state index >= 15 is 0 Å². The minimum absolute atomic E-state index is 0.295. The molecule has 1 heterocycles. The average molecular weight is 262 g/mol. The lowest BCUT2D eigenvalue weighted by molar-refractivity contribution is -0.123. The molecule has 2 rings (SSSR count). The molecule has 1 saturated carbocycles. The first kappa shape index (κ1) is 14.3. The van der Waals surface area contributed by atoms with Gasteiger partial charge in [-0.2, -0.15) is 5.10 Å². The van der Waals surface area contributed by atoms with Gasteiger partial charge < -0.3 is 0 Å². The Morgan fingerprint density at radius 2 is 2.05 bits per heavy atom. The summed E-state index contributed by atoms with van der Waals surface area (Å²) in [7, 11) is 1.92. The first-order chi connectivity index (χ1) is 9.10. The molecule has 1 aromatic rings. The molecule has 0 spiro atoms. The predicted molar refractivity (Wildman–Crippen MR) is 77.0 cm³/mol. The van der Waals surface area contributed by atoms with Crippen LogP contribution in [0.5, 0.6) is 0 Å². The molecule has 0 radical (unpaired) electrons. The quantitative estimate of drug-likeness (QED) is 0.814. The second-order valence-electron chi connectivity index (χ2n) is 6.05. The Labute approximate surface area is 116 Å². The maximum atomic E-state index is 12.4. The lowest BCUT2D eigenvalue weighted by Crippen LogP contribution is -2.24. The van der Waals surface area contributed by atoms with Crippen LogP contribution < -0.4 is 0 Å². The van der Waals surface area contributed by atoms with E-state index in [9.17, 15) is 4.79 Å². The van der Waals surface area contributed by atoms with E-state index in [1.807, 2.05) is 24.7 Å². The third-order valence-electron chi connectivity index (χ3n) is 4.45. The van der Waals surface area contributed by atoms with Gasteiger partial charge in [-0.3, -0.25) is 9.48 Å². The highest BCUT2D eigenvalue weighted by molar-refractivity contribution is 5.83. The molecule has 1 fully saturated rings. The van der Waals surface area contributed by atoms with Crippen molar-refractivity contribution in [3.63, 3.8) is 0 Å². The Bertz CT molecular complexity index is 428. The standard InChI is InChI=1S/C16H26N2O/c1-4-5-13-6-8-14(9-7-13)16(19)11-15-10-12(2)17-18(15)3/h10,13-14H,4-9,11H2,1-3H3. The van der Waals surface area contributed by atoms with Crippen LogP contribution in [0.3, 0.4) is 0 Å². The van der Waals surface area contributed by atoms with E-state index in [0.717, 1.165) is 30.1 Å². The third-order valence-corrected chi connectivity index (χ3v) is 4.45. The Kier molecular flexibility index (Phi) is 4.78. The monoisotopic (exact) mass is 262 g/mol. The number of hydrogen-bond acceptors (Lipinski definition) is 2. The largest absolute Gasteiger partial charge is 0.299 e. The fourth-order valence-corrected chi connectivity index (χ4v) is 3.33. The molecule has 3 nitrogen and oxygen atoms in total. The maximum Gasteiger partial charge on any atom is 0.141 e. The first-order valence-electron chi connectivity index (χ1n) is 7.62. The minimum atomic E-state index is 0.295. The van der Waals surface area contributed by atoms with Crippen LogP contribution in [0.1, 0.15) is 56.8 Å². The normalized spacial score (nSPS) is 23.5. The first-order valence-corrected chi connectivity index (χ1v) is 7.62. The van der Waals surface area contributed by atoms with Crippen molar-refractivity contribution in [3.05, 3.63) is 17.5 Å². The maximum absolute atomic E-state index is 12.4. The molecule has 0 unspecified atom stereocenters. The van der Waals surface area contributed by atoms with Crippen LogP contribution in [-0.4, -0.2) is 15.6 Å². The molecule has 1 aromatic heterocycles. The van der Waals surface area contributed by atoms with Crippen molar-refractivity contribution in [2.75, 3.05) is 0 Å². The number of hydrogen-bond donors (Lipinski definition) is 0. The second-order valence-corrected chi connectivity index (χ2v) is 6.05. The fraction of sp³-hybridized carbons (Fsp3) is 0.750. The summed E-state index contributed by atoms with van der Waals surface area (Å²) in [4.78, 5) is 12.4. The van der Waals surface area contributed by atoms with E-state index in [1.54, 1.807) is 0 Å². The van der Waals surface area contributed by atoms with Gasteiger partial charge in [0.2, 0.25) is 0 Å². The van der Waals surface area contributed by atoms with Gasteiger partial charge in [0.15, 0.2) is 0 Å². The van der Waals surface area contributed by atoms with Crippen molar-refractivity contribution >= 4 is 5.78 Å². The highest BCUT2D eigenvalue weighted by Gasteiger charge is 2.26. The van der Waals surface area contributed by atoms with Crippen molar-refractivity contribution in [2.24, 2.45) is 18.9 Å². The van der Waals surface area contributed by atoms with E-state index < -0.39 is 0 Å². The molecule has 0 aliphatic heterocycles. The number of nitrogens with zero attached hydrogens (tertiary/aromatic N) is 2. The van der Waals surface area contributed by atoms with E-state index in [-0.39, 0.29) is 0 Å². The summed E-state index contributed by atoms with van der Waals surface area (Å²) in [6.45, 7) is 4.23. The number of ketones is 1. The number of aryl methyl sites for hydroxylation is 2. The van der Waals surface area contributed by atoms with Crippen LogP contribution in [0.15, 0.2) is 6.07 Å². The summed E-state index contributed by atoms with van der Waals surface area (Å²) >= 11 is 0. The van der Waals surface area contributed by atoms with Crippen LogP contribution in [0.25, 0.3) is 0 Å². The lowest BCUT2D eigenvalue weighted by Gasteiger charge is -2.27. The molecule has 19 heavy (non-hydrogen) atoms. The molecule has 0 bridgehead atoms. The van der Waals surface area contributed by atoms with Gasteiger partial charge in [-0.25, -0.2) is 0 Å². The summed E-state index contributed by atoms with van der Waals surface area (Å²) in [6, 6.07) is 2.03. The Hall–Kier alpha value is -1.12. The molecule has 0 saturated heterocycles. The van der Waals surface area contributed by atoms with E-state index in [1.165, 1.54) is 25.7 Å².